The number of hydrogen-bond acceptors (Lipinski definition) is 1. The monoisotopic (exact) mass is 159 g/mol. The SMILES string of the molecule is C1=CN(c2ccccc2)CCC1. The van der Waals surface area contributed by atoms with Crippen molar-refractivity contribution in [2.24, 2.45) is 0 Å². The van der Waals surface area contributed by atoms with Crippen molar-refractivity contribution >= 4 is 5.69 Å². The van der Waals surface area contributed by atoms with E-state index in [2.05, 4.69) is 47.5 Å². The van der Waals surface area contributed by atoms with Crippen molar-refractivity contribution in [1.29, 1.82) is 0 Å². The summed E-state index contributed by atoms with van der Waals surface area (Å²) in [5.74, 6) is 0. The Morgan fingerprint density at radius 2 is 1.92 bits per heavy atom. The van der Waals surface area contributed by atoms with Crippen LogP contribution in [0.5, 0.6) is 0 Å². The van der Waals surface area contributed by atoms with Gasteiger partial charge in [0.15, 0.2) is 0 Å². The van der Waals surface area contributed by atoms with Gasteiger partial charge in [-0.05, 0) is 25.0 Å². The summed E-state index contributed by atoms with van der Waals surface area (Å²) in [6.07, 6.45) is 6.91. The Labute approximate surface area is 73.3 Å². The maximum absolute atomic E-state index is 2.30. The molecule has 12 heavy (non-hydrogen) atoms. The highest BCUT2D eigenvalue weighted by Crippen LogP contribution is 2.17. The van der Waals surface area contributed by atoms with Crippen LogP contribution in [0.4, 0.5) is 5.69 Å². The molecule has 1 nitrogen and oxygen atoms in total. The van der Waals surface area contributed by atoms with Crippen molar-refractivity contribution in [2.75, 3.05) is 11.4 Å². The van der Waals surface area contributed by atoms with Crippen molar-refractivity contribution in [1.82, 2.24) is 0 Å². The molecule has 1 heterocycles. The van der Waals surface area contributed by atoms with E-state index in [1.165, 1.54) is 18.5 Å². The van der Waals surface area contributed by atoms with Crippen LogP contribution in [0.25, 0.3) is 0 Å². The van der Waals surface area contributed by atoms with E-state index < -0.39 is 0 Å². The van der Waals surface area contributed by atoms with Gasteiger partial charge < -0.3 is 4.90 Å². The Morgan fingerprint density at radius 3 is 2.58 bits per heavy atom. The summed E-state index contributed by atoms with van der Waals surface area (Å²) < 4.78 is 0. The zero-order valence-corrected chi connectivity index (χ0v) is 7.11. The summed E-state index contributed by atoms with van der Waals surface area (Å²) in [5, 5.41) is 0. The minimum Gasteiger partial charge on any atom is -0.348 e. The smallest absolute Gasteiger partial charge is 0.0405 e. The predicted octanol–water partition coefficient (Wildman–Crippen LogP) is 2.80. The average Bonchev–Trinajstić information content (AvgIpc) is 2.21. The van der Waals surface area contributed by atoms with E-state index in [9.17, 15) is 0 Å². The molecule has 1 aliphatic rings. The van der Waals surface area contributed by atoms with Gasteiger partial charge in [0.25, 0.3) is 0 Å². The van der Waals surface area contributed by atoms with Gasteiger partial charge in [0.05, 0.1) is 0 Å². The second-order valence-electron chi connectivity index (χ2n) is 3.06. The molecule has 0 amide bonds. The van der Waals surface area contributed by atoms with Gasteiger partial charge in [-0.3, -0.25) is 0 Å². The molecule has 0 fully saturated rings. The molecule has 0 spiro atoms. The number of nitrogens with zero attached hydrogens (tertiary/aromatic N) is 1. The zero-order valence-electron chi connectivity index (χ0n) is 7.11. The number of rotatable bonds is 1. The van der Waals surface area contributed by atoms with Gasteiger partial charge in [0.2, 0.25) is 0 Å². The fourth-order valence-electron chi connectivity index (χ4n) is 1.49. The van der Waals surface area contributed by atoms with Crippen molar-refractivity contribution in [3.8, 4) is 0 Å². The van der Waals surface area contributed by atoms with E-state index in [1.54, 1.807) is 0 Å². The van der Waals surface area contributed by atoms with Crippen LogP contribution in [-0.4, -0.2) is 6.54 Å². The Hall–Kier alpha value is -1.24. The third kappa shape index (κ3) is 1.50. The molecule has 0 bridgehead atoms. The Kier molecular flexibility index (Phi) is 2.12. The molecule has 0 atom stereocenters. The van der Waals surface area contributed by atoms with Gasteiger partial charge in [-0.15, -0.1) is 0 Å². The van der Waals surface area contributed by atoms with Gasteiger partial charge in [0, 0.05) is 18.4 Å². The van der Waals surface area contributed by atoms with Crippen LogP contribution >= 0.6 is 0 Å². The van der Waals surface area contributed by atoms with Gasteiger partial charge in [-0.1, -0.05) is 24.3 Å². The maximum Gasteiger partial charge on any atom is 0.0405 e. The van der Waals surface area contributed by atoms with Crippen LogP contribution in [0, 0.1) is 0 Å². The van der Waals surface area contributed by atoms with Gasteiger partial charge in [-0.2, -0.15) is 0 Å². The predicted molar refractivity (Wildman–Crippen MR) is 52.2 cm³/mol. The first-order chi connectivity index (χ1) is 5.97. The molecule has 0 unspecified atom stereocenters. The molecule has 62 valence electrons. The first kappa shape index (κ1) is 7.41. The van der Waals surface area contributed by atoms with E-state index in [-0.39, 0.29) is 0 Å². The molecule has 1 aliphatic heterocycles. The van der Waals surface area contributed by atoms with Gasteiger partial charge in [-0.25, -0.2) is 0 Å². The Bertz CT molecular complexity index is 264. The third-order valence-corrected chi connectivity index (χ3v) is 2.14. The molecule has 2 rings (SSSR count). The van der Waals surface area contributed by atoms with Crippen LogP contribution in [-0.2, 0) is 0 Å². The van der Waals surface area contributed by atoms with E-state index in [1.807, 2.05) is 0 Å². The van der Waals surface area contributed by atoms with Gasteiger partial charge in [0.1, 0.15) is 0 Å². The van der Waals surface area contributed by atoms with E-state index >= 15 is 0 Å². The van der Waals surface area contributed by atoms with Crippen molar-refractivity contribution in [3.63, 3.8) is 0 Å². The Balaban J connectivity index is 2.19. The van der Waals surface area contributed by atoms with Crippen LogP contribution < -0.4 is 4.90 Å². The summed E-state index contributed by atoms with van der Waals surface area (Å²) >= 11 is 0. The third-order valence-electron chi connectivity index (χ3n) is 2.14. The molecule has 0 aliphatic carbocycles. The number of anilines is 1. The molecule has 1 aromatic rings. The summed E-state index contributed by atoms with van der Waals surface area (Å²) in [6, 6.07) is 10.5. The van der Waals surface area contributed by atoms with Gasteiger partial charge >= 0.3 is 0 Å². The molecule has 0 aromatic heterocycles. The minimum atomic E-state index is 1.15. The minimum absolute atomic E-state index is 1.15. The van der Waals surface area contributed by atoms with E-state index in [0.717, 1.165) is 6.54 Å². The summed E-state index contributed by atoms with van der Waals surface area (Å²) in [7, 11) is 0. The second-order valence-corrected chi connectivity index (χ2v) is 3.06. The number of para-hydroxylation sites is 1. The Morgan fingerprint density at radius 1 is 1.08 bits per heavy atom. The topological polar surface area (TPSA) is 3.24 Å². The lowest BCUT2D eigenvalue weighted by atomic mass is 10.2. The summed E-state index contributed by atoms with van der Waals surface area (Å²) in [4.78, 5) is 2.30. The second kappa shape index (κ2) is 3.44. The molecule has 0 N–H and O–H groups in total. The fourth-order valence-corrected chi connectivity index (χ4v) is 1.49. The highest BCUT2D eigenvalue weighted by atomic mass is 15.1. The molecular weight excluding hydrogens is 146 g/mol. The van der Waals surface area contributed by atoms with Crippen LogP contribution in [0.2, 0.25) is 0 Å². The summed E-state index contributed by atoms with van der Waals surface area (Å²) in [6.45, 7) is 1.15. The van der Waals surface area contributed by atoms with E-state index in [4.69, 9.17) is 0 Å². The summed E-state index contributed by atoms with van der Waals surface area (Å²) in [5.41, 5.74) is 1.30. The highest BCUT2D eigenvalue weighted by molar-refractivity contribution is 5.49. The average molecular weight is 159 g/mol. The lowest BCUT2D eigenvalue weighted by Gasteiger charge is -2.23. The lowest BCUT2D eigenvalue weighted by Crippen LogP contribution is -2.19. The standard InChI is InChI=1S/C11H13N/c1-3-7-11(8-4-1)12-9-5-2-6-10-12/h1,3-5,7-9H,2,6,10H2. The molecule has 0 saturated heterocycles. The molecule has 0 saturated carbocycles. The van der Waals surface area contributed by atoms with Crippen LogP contribution in [0.1, 0.15) is 12.8 Å². The normalized spacial score (nSPS) is 16.5. The zero-order chi connectivity index (χ0) is 8.23. The molecule has 1 aromatic carbocycles. The molecule has 1 heteroatoms. The first-order valence-electron chi connectivity index (χ1n) is 4.45. The maximum atomic E-state index is 2.30. The lowest BCUT2D eigenvalue weighted by molar-refractivity contribution is 0.786. The van der Waals surface area contributed by atoms with Crippen molar-refractivity contribution in [2.45, 2.75) is 12.8 Å². The van der Waals surface area contributed by atoms with Crippen LogP contribution in [0.15, 0.2) is 42.6 Å². The molecule has 0 radical (unpaired) electrons. The number of allylic oxidation sites excluding steroid dienone is 1. The highest BCUT2D eigenvalue weighted by Gasteiger charge is 2.03. The fraction of sp³-hybridized carbons (Fsp3) is 0.273. The number of hydrogen-bond donors (Lipinski definition) is 0. The van der Waals surface area contributed by atoms with E-state index in [0.29, 0.717) is 0 Å². The first-order valence-corrected chi connectivity index (χ1v) is 4.45. The van der Waals surface area contributed by atoms with Crippen molar-refractivity contribution < 1.29 is 0 Å². The quantitative estimate of drug-likeness (QED) is 0.609. The van der Waals surface area contributed by atoms with Crippen LogP contribution in [0.3, 0.4) is 0 Å². The largest absolute Gasteiger partial charge is 0.348 e. The van der Waals surface area contributed by atoms with Crippen molar-refractivity contribution in [3.05, 3.63) is 42.6 Å². The number of benzene rings is 1. The molecular formula is C11H13N.